The highest BCUT2D eigenvalue weighted by Crippen LogP contribution is 2.33. The summed E-state index contributed by atoms with van der Waals surface area (Å²) >= 11 is 1.75. The van der Waals surface area contributed by atoms with E-state index < -0.39 is 0 Å². The van der Waals surface area contributed by atoms with Crippen molar-refractivity contribution >= 4 is 11.8 Å². The van der Waals surface area contributed by atoms with Gasteiger partial charge in [0.2, 0.25) is 0 Å². The van der Waals surface area contributed by atoms with Gasteiger partial charge in [-0.3, -0.25) is 4.57 Å². The predicted molar refractivity (Wildman–Crippen MR) is 81.1 cm³/mol. The van der Waals surface area contributed by atoms with E-state index in [-0.39, 0.29) is 5.69 Å². The Balaban J connectivity index is 1.69. The van der Waals surface area contributed by atoms with Crippen LogP contribution in [-0.2, 0) is 13.0 Å². The van der Waals surface area contributed by atoms with Gasteiger partial charge in [-0.2, -0.15) is 0 Å². The average Bonchev–Trinajstić information content (AvgIpc) is 3.09. The van der Waals surface area contributed by atoms with Crippen LogP contribution in [0, 0.1) is 0 Å². The molecular formula is C15H19N3OS. The van der Waals surface area contributed by atoms with Crippen LogP contribution in [0.3, 0.4) is 0 Å². The summed E-state index contributed by atoms with van der Waals surface area (Å²) in [5, 5.41) is 8.23. The van der Waals surface area contributed by atoms with Gasteiger partial charge in [-0.25, -0.2) is 9.89 Å². The van der Waals surface area contributed by atoms with Crippen molar-refractivity contribution in [2.75, 3.05) is 0 Å². The Morgan fingerprint density at radius 1 is 1.25 bits per heavy atom. The first kappa shape index (κ1) is 13.5. The maximum absolute atomic E-state index is 11.9. The maximum atomic E-state index is 11.9. The number of nitrogens with zero attached hydrogens (tertiary/aromatic N) is 2. The summed E-state index contributed by atoms with van der Waals surface area (Å²) in [7, 11) is 0. The third-order valence-electron chi connectivity index (χ3n) is 3.76. The molecule has 0 amide bonds. The lowest BCUT2D eigenvalue weighted by Gasteiger charge is -2.09. The van der Waals surface area contributed by atoms with E-state index >= 15 is 0 Å². The van der Waals surface area contributed by atoms with Gasteiger partial charge in [0, 0.05) is 11.8 Å². The third-order valence-corrected chi connectivity index (χ3v) is 5.09. The van der Waals surface area contributed by atoms with Crippen LogP contribution >= 0.6 is 11.8 Å². The second kappa shape index (κ2) is 6.31. The highest BCUT2D eigenvalue weighted by atomic mass is 32.2. The number of H-pyrrole nitrogens is 1. The summed E-state index contributed by atoms with van der Waals surface area (Å²) in [5.41, 5.74) is 1.15. The van der Waals surface area contributed by atoms with Gasteiger partial charge in [-0.15, -0.1) is 5.10 Å². The second-order valence-electron chi connectivity index (χ2n) is 5.22. The van der Waals surface area contributed by atoms with Crippen LogP contribution in [0.1, 0.15) is 31.2 Å². The number of thioether (sulfide) groups is 1. The van der Waals surface area contributed by atoms with Gasteiger partial charge in [-0.1, -0.05) is 54.9 Å². The van der Waals surface area contributed by atoms with Crippen molar-refractivity contribution in [3.05, 3.63) is 46.4 Å². The van der Waals surface area contributed by atoms with Crippen LogP contribution in [0.2, 0.25) is 0 Å². The van der Waals surface area contributed by atoms with Crippen LogP contribution in [0.5, 0.6) is 0 Å². The van der Waals surface area contributed by atoms with Crippen LogP contribution in [0.4, 0.5) is 0 Å². The Bertz CT molecular complexity index is 599. The van der Waals surface area contributed by atoms with Crippen molar-refractivity contribution in [2.45, 2.75) is 49.1 Å². The molecule has 5 heteroatoms. The van der Waals surface area contributed by atoms with Crippen LogP contribution in [0.25, 0.3) is 0 Å². The largest absolute Gasteiger partial charge is 0.343 e. The molecule has 0 unspecified atom stereocenters. The fourth-order valence-corrected chi connectivity index (χ4v) is 3.90. The summed E-state index contributed by atoms with van der Waals surface area (Å²) in [6.45, 7) is 0.689. The van der Waals surface area contributed by atoms with E-state index in [1.165, 1.54) is 31.2 Å². The molecule has 1 aliphatic carbocycles. The predicted octanol–water partition coefficient (Wildman–Crippen LogP) is 2.85. The molecule has 1 saturated carbocycles. The van der Waals surface area contributed by atoms with Gasteiger partial charge in [0.25, 0.3) is 0 Å². The summed E-state index contributed by atoms with van der Waals surface area (Å²) in [6, 6.07) is 10.3. The number of aromatic amines is 1. The molecule has 20 heavy (non-hydrogen) atoms. The minimum atomic E-state index is -0.0959. The summed E-state index contributed by atoms with van der Waals surface area (Å²) in [4.78, 5) is 11.9. The van der Waals surface area contributed by atoms with Gasteiger partial charge >= 0.3 is 5.69 Å². The first-order valence-corrected chi connectivity index (χ1v) is 8.06. The normalized spacial score (nSPS) is 15.8. The van der Waals surface area contributed by atoms with E-state index in [1.807, 2.05) is 18.2 Å². The molecule has 1 fully saturated rings. The molecule has 2 aromatic rings. The molecule has 106 valence electrons. The molecule has 4 nitrogen and oxygen atoms in total. The van der Waals surface area contributed by atoms with Gasteiger partial charge in [-0.05, 0) is 24.8 Å². The molecule has 0 saturated heterocycles. The van der Waals surface area contributed by atoms with Gasteiger partial charge in [0.1, 0.15) is 0 Å². The number of hydrogen-bond donors (Lipinski definition) is 1. The Morgan fingerprint density at radius 2 is 2.00 bits per heavy atom. The van der Waals surface area contributed by atoms with Crippen LogP contribution in [-0.4, -0.2) is 20.0 Å². The summed E-state index contributed by atoms with van der Waals surface area (Å²) in [6.07, 6.45) is 5.94. The molecule has 0 spiro atoms. The maximum Gasteiger partial charge on any atom is 0.343 e. The third kappa shape index (κ3) is 3.15. The van der Waals surface area contributed by atoms with E-state index in [0.29, 0.717) is 11.8 Å². The topological polar surface area (TPSA) is 50.7 Å². The minimum absolute atomic E-state index is 0.0959. The summed E-state index contributed by atoms with van der Waals surface area (Å²) in [5.74, 6) is 0. The van der Waals surface area contributed by atoms with E-state index in [4.69, 9.17) is 0 Å². The molecule has 0 atom stereocenters. The zero-order valence-electron chi connectivity index (χ0n) is 11.4. The molecule has 3 rings (SSSR count). The first-order chi connectivity index (χ1) is 9.83. The van der Waals surface area contributed by atoms with Crippen molar-refractivity contribution in [3.8, 4) is 0 Å². The Hall–Kier alpha value is -1.49. The smallest absolute Gasteiger partial charge is 0.270 e. The van der Waals surface area contributed by atoms with Crippen molar-refractivity contribution in [3.63, 3.8) is 0 Å². The highest BCUT2D eigenvalue weighted by Gasteiger charge is 2.19. The van der Waals surface area contributed by atoms with E-state index in [1.54, 1.807) is 16.3 Å². The molecule has 0 radical (unpaired) electrons. The summed E-state index contributed by atoms with van der Waals surface area (Å²) < 4.78 is 1.77. The molecule has 0 aliphatic heterocycles. The SMILES string of the molecule is O=c1[nH]nc(SC2CCCC2)n1CCc1ccccc1. The van der Waals surface area contributed by atoms with Gasteiger partial charge < -0.3 is 0 Å². The number of hydrogen-bond acceptors (Lipinski definition) is 3. The molecule has 1 aromatic heterocycles. The van der Waals surface area contributed by atoms with Crippen molar-refractivity contribution in [2.24, 2.45) is 0 Å². The molecule has 1 aromatic carbocycles. The van der Waals surface area contributed by atoms with Crippen molar-refractivity contribution in [1.29, 1.82) is 0 Å². The monoisotopic (exact) mass is 289 g/mol. The number of aromatic nitrogens is 3. The van der Waals surface area contributed by atoms with Gasteiger partial charge in [0.15, 0.2) is 5.16 Å². The lowest BCUT2D eigenvalue weighted by atomic mass is 10.1. The van der Waals surface area contributed by atoms with Crippen LogP contribution in [0.15, 0.2) is 40.3 Å². The quantitative estimate of drug-likeness (QED) is 0.921. The Labute approximate surface area is 122 Å². The number of benzene rings is 1. The second-order valence-corrected chi connectivity index (χ2v) is 6.49. The van der Waals surface area contributed by atoms with Crippen molar-refractivity contribution < 1.29 is 0 Å². The highest BCUT2D eigenvalue weighted by molar-refractivity contribution is 7.99. The lowest BCUT2D eigenvalue weighted by Crippen LogP contribution is -2.19. The van der Waals surface area contributed by atoms with E-state index in [0.717, 1.165) is 11.6 Å². The Morgan fingerprint density at radius 3 is 2.75 bits per heavy atom. The zero-order valence-corrected chi connectivity index (χ0v) is 12.2. The average molecular weight is 289 g/mol. The fourth-order valence-electron chi connectivity index (χ4n) is 2.63. The van der Waals surface area contributed by atoms with Crippen LogP contribution < -0.4 is 5.69 Å². The van der Waals surface area contributed by atoms with Crippen molar-refractivity contribution in [1.82, 2.24) is 14.8 Å². The van der Waals surface area contributed by atoms with E-state index in [2.05, 4.69) is 22.3 Å². The fraction of sp³-hybridized carbons (Fsp3) is 0.467. The first-order valence-electron chi connectivity index (χ1n) is 7.19. The van der Waals surface area contributed by atoms with E-state index in [9.17, 15) is 4.79 Å². The molecule has 1 N–H and O–H groups in total. The Kier molecular flexibility index (Phi) is 4.25. The molecular weight excluding hydrogens is 270 g/mol. The number of rotatable bonds is 5. The zero-order chi connectivity index (χ0) is 13.8. The lowest BCUT2D eigenvalue weighted by molar-refractivity contribution is 0.614. The molecule has 1 aliphatic rings. The number of nitrogens with one attached hydrogen (secondary N) is 1. The molecule has 1 heterocycles. The van der Waals surface area contributed by atoms with Gasteiger partial charge in [0.05, 0.1) is 0 Å². The standard InChI is InChI=1S/C15H19N3OS/c19-14-16-17-15(20-13-8-4-5-9-13)18(14)11-10-12-6-2-1-3-7-12/h1-3,6-7,13H,4-5,8-11H2,(H,16,19). The molecule has 0 bridgehead atoms. The number of aryl methyl sites for hydroxylation is 1. The minimum Gasteiger partial charge on any atom is -0.270 e.